The predicted molar refractivity (Wildman–Crippen MR) is 124 cm³/mol. The number of hydrogen-bond acceptors (Lipinski definition) is 7. The quantitative estimate of drug-likeness (QED) is 0.528. The number of sulfonamides is 1. The van der Waals surface area contributed by atoms with Crippen LogP contribution in [0.15, 0.2) is 29.3 Å². The van der Waals surface area contributed by atoms with Crippen LogP contribution in [0.4, 0.5) is 4.79 Å². The molecular weight excluding hydrogens is 450 g/mol. The molecule has 3 rings (SSSR count). The number of hydrogen-bond donors (Lipinski definition) is 3. The largest absolute Gasteiger partial charge is 0.447 e. The van der Waals surface area contributed by atoms with Crippen molar-refractivity contribution in [3.63, 3.8) is 0 Å². The maximum Gasteiger partial charge on any atom is 0.407 e. The molecule has 0 bridgehead atoms. The summed E-state index contributed by atoms with van der Waals surface area (Å²) >= 11 is 1.50. The van der Waals surface area contributed by atoms with Crippen LogP contribution in [-0.2, 0) is 21.4 Å². The van der Waals surface area contributed by atoms with Crippen molar-refractivity contribution in [1.82, 2.24) is 15.0 Å². The molecule has 1 heterocycles. The molecule has 32 heavy (non-hydrogen) atoms. The van der Waals surface area contributed by atoms with Crippen molar-refractivity contribution in [3.8, 4) is 10.4 Å². The van der Waals surface area contributed by atoms with Gasteiger partial charge in [-0.3, -0.25) is 0 Å². The number of amides is 1. The zero-order valence-electron chi connectivity index (χ0n) is 18.6. The van der Waals surface area contributed by atoms with Crippen LogP contribution in [0, 0.1) is 0 Å². The third-order valence-corrected chi connectivity index (χ3v) is 8.16. The van der Waals surface area contributed by atoms with Gasteiger partial charge in [0.25, 0.3) is 0 Å². The Morgan fingerprint density at radius 1 is 1.28 bits per heavy atom. The zero-order valence-corrected chi connectivity index (χ0v) is 20.3. The second-order valence-electron chi connectivity index (χ2n) is 8.20. The van der Waals surface area contributed by atoms with Crippen molar-refractivity contribution in [3.05, 3.63) is 35.0 Å². The lowest BCUT2D eigenvalue weighted by Gasteiger charge is -2.28. The van der Waals surface area contributed by atoms with Gasteiger partial charge >= 0.3 is 6.09 Å². The van der Waals surface area contributed by atoms with Crippen LogP contribution in [0.25, 0.3) is 10.4 Å². The molecule has 0 aliphatic heterocycles. The van der Waals surface area contributed by atoms with E-state index in [0.29, 0.717) is 11.1 Å². The van der Waals surface area contributed by atoms with Crippen LogP contribution >= 0.6 is 11.3 Å². The summed E-state index contributed by atoms with van der Waals surface area (Å²) in [5.74, 6) is 0.276. The minimum absolute atomic E-state index is 0.0971. The maximum absolute atomic E-state index is 12.7. The summed E-state index contributed by atoms with van der Waals surface area (Å²) in [5, 5.41) is 13.4. The van der Waals surface area contributed by atoms with E-state index in [2.05, 4.69) is 15.0 Å². The van der Waals surface area contributed by atoms with Crippen molar-refractivity contribution in [1.29, 1.82) is 0 Å². The fourth-order valence-electron chi connectivity index (χ4n) is 3.86. The van der Waals surface area contributed by atoms with Gasteiger partial charge in [0, 0.05) is 30.3 Å². The van der Waals surface area contributed by atoms with Gasteiger partial charge in [-0.15, -0.1) is 11.3 Å². The number of ether oxygens (including phenoxy) is 1. The molecule has 1 aliphatic carbocycles. The van der Waals surface area contributed by atoms with Crippen molar-refractivity contribution >= 4 is 27.5 Å². The van der Waals surface area contributed by atoms with Crippen LogP contribution < -0.4 is 10.0 Å². The smallest absolute Gasteiger partial charge is 0.407 e. The first kappa shape index (κ1) is 24.6. The molecule has 10 heteroatoms. The molecule has 8 nitrogen and oxygen atoms in total. The normalized spacial score (nSPS) is 19.2. The van der Waals surface area contributed by atoms with Crippen molar-refractivity contribution in [2.24, 2.45) is 0 Å². The number of aromatic nitrogens is 1. The number of nitrogens with zero attached hydrogens (tertiary/aromatic N) is 1. The lowest BCUT2D eigenvalue weighted by Crippen LogP contribution is -2.38. The van der Waals surface area contributed by atoms with Crippen molar-refractivity contribution in [2.75, 3.05) is 6.54 Å². The number of aliphatic hydroxyl groups excluding tert-OH is 1. The highest BCUT2D eigenvalue weighted by molar-refractivity contribution is 7.89. The molecule has 3 N–H and O–H groups in total. The van der Waals surface area contributed by atoms with E-state index in [9.17, 15) is 18.3 Å². The maximum atomic E-state index is 12.7. The zero-order chi connectivity index (χ0) is 23.3. The molecule has 176 valence electrons. The van der Waals surface area contributed by atoms with Crippen LogP contribution in [0.5, 0.6) is 0 Å². The first-order valence-corrected chi connectivity index (χ1v) is 13.2. The minimum Gasteiger partial charge on any atom is -0.447 e. The summed E-state index contributed by atoms with van der Waals surface area (Å²) in [7, 11) is -3.70. The Hall–Kier alpha value is -2.01. The van der Waals surface area contributed by atoms with Gasteiger partial charge in [-0.05, 0) is 51.2 Å². The van der Waals surface area contributed by atoms with Gasteiger partial charge in [-0.2, -0.15) is 0 Å². The number of benzene rings is 1. The van der Waals surface area contributed by atoms with Gasteiger partial charge in [0.1, 0.15) is 0 Å². The van der Waals surface area contributed by atoms with E-state index in [4.69, 9.17) is 4.74 Å². The molecule has 2 aromatic rings. The monoisotopic (exact) mass is 481 g/mol. The predicted octanol–water partition coefficient (Wildman–Crippen LogP) is 3.76. The van der Waals surface area contributed by atoms with Gasteiger partial charge in [0.2, 0.25) is 10.0 Å². The van der Waals surface area contributed by atoms with E-state index in [-0.39, 0.29) is 42.2 Å². The van der Waals surface area contributed by atoms with Crippen LogP contribution in [-0.4, -0.2) is 43.3 Å². The molecule has 0 unspecified atom stereocenters. The fraction of sp³-hybridized carbons (Fsp3) is 0.545. The highest BCUT2D eigenvalue weighted by Crippen LogP contribution is 2.39. The molecule has 1 aromatic carbocycles. The SMILES string of the molecule is CCNS(=O)(=O)c1cc(CO)ccc1-c1cnc(C2CCC(NC(=O)OC(C)C)CC2)s1. The average Bonchev–Trinajstić information content (AvgIpc) is 3.23. The van der Waals surface area contributed by atoms with E-state index in [1.54, 1.807) is 25.3 Å². The highest BCUT2D eigenvalue weighted by Gasteiger charge is 2.27. The molecule has 1 fully saturated rings. The Kier molecular flexibility index (Phi) is 8.26. The lowest BCUT2D eigenvalue weighted by molar-refractivity contribution is 0.109. The molecule has 1 aromatic heterocycles. The van der Waals surface area contributed by atoms with E-state index < -0.39 is 10.0 Å². The molecule has 0 atom stereocenters. The third kappa shape index (κ3) is 6.06. The van der Waals surface area contributed by atoms with Gasteiger partial charge < -0.3 is 15.2 Å². The summed E-state index contributed by atoms with van der Waals surface area (Å²) in [6, 6.07) is 5.07. The fourth-order valence-corrected chi connectivity index (χ4v) is 6.36. The first-order chi connectivity index (χ1) is 15.2. The van der Waals surface area contributed by atoms with Gasteiger partial charge in [0.05, 0.1) is 27.5 Å². The number of rotatable bonds is 8. The summed E-state index contributed by atoms with van der Waals surface area (Å²) in [4.78, 5) is 17.4. The Bertz CT molecular complexity index is 1030. The van der Waals surface area contributed by atoms with Crippen molar-refractivity contribution < 1.29 is 23.1 Å². The number of carbonyl (C=O) groups excluding carboxylic acids is 1. The van der Waals surface area contributed by atoms with E-state index in [0.717, 1.165) is 35.6 Å². The molecular formula is C22H31N3O5S2. The first-order valence-electron chi connectivity index (χ1n) is 10.9. The Labute approximate surface area is 193 Å². The molecule has 1 amide bonds. The number of alkyl carbamates (subject to hydrolysis) is 1. The summed E-state index contributed by atoms with van der Waals surface area (Å²) in [5.41, 5.74) is 1.12. The summed E-state index contributed by atoms with van der Waals surface area (Å²) in [6.07, 6.45) is 4.68. The number of carbonyl (C=O) groups is 1. The van der Waals surface area contributed by atoms with E-state index in [1.807, 2.05) is 13.8 Å². The lowest BCUT2D eigenvalue weighted by atomic mass is 9.86. The summed E-state index contributed by atoms with van der Waals surface area (Å²) in [6.45, 7) is 5.42. The van der Waals surface area contributed by atoms with Crippen LogP contribution in [0.2, 0.25) is 0 Å². The minimum atomic E-state index is -3.70. The topological polar surface area (TPSA) is 118 Å². The Balaban J connectivity index is 1.74. The second-order valence-corrected chi connectivity index (χ2v) is 11.0. The van der Waals surface area contributed by atoms with Gasteiger partial charge in [0.15, 0.2) is 0 Å². The number of aliphatic hydroxyl groups is 1. The second kappa shape index (κ2) is 10.7. The number of nitrogens with one attached hydrogen (secondary N) is 2. The van der Waals surface area contributed by atoms with Crippen molar-refractivity contribution in [2.45, 2.75) is 76.0 Å². The third-order valence-electron chi connectivity index (χ3n) is 5.38. The molecule has 0 radical (unpaired) electrons. The Morgan fingerprint density at radius 2 is 2.00 bits per heavy atom. The Morgan fingerprint density at radius 3 is 2.62 bits per heavy atom. The van der Waals surface area contributed by atoms with Crippen LogP contribution in [0.1, 0.15) is 62.9 Å². The van der Waals surface area contributed by atoms with E-state index >= 15 is 0 Å². The molecule has 1 aliphatic rings. The average molecular weight is 482 g/mol. The standard InChI is InChI=1S/C22H31N3O5S2/c1-4-24-32(28,29)20-11-15(13-26)5-10-18(20)19-12-23-21(31-19)16-6-8-17(9-7-16)25-22(27)30-14(2)3/h5,10-12,14,16-17,24,26H,4,6-9,13H2,1-3H3,(H,25,27). The van der Waals surface area contributed by atoms with E-state index in [1.165, 1.54) is 17.4 Å². The summed E-state index contributed by atoms with van der Waals surface area (Å²) < 4.78 is 33.2. The molecule has 1 saturated carbocycles. The van der Waals surface area contributed by atoms with Gasteiger partial charge in [-0.1, -0.05) is 19.1 Å². The highest BCUT2D eigenvalue weighted by atomic mass is 32.2. The van der Waals surface area contributed by atoms with Crippen LogP contribution in [0.3, 0.4) is 0 Å². The number of thiazole rings is 1. The molecule has 0 spiro atoms. The molecule has 0 saturated heterocycles. The van der Waals surface area contributed by atoms with Gasteiger partial charge in [-0.25, -0.2) is 22.9 Å².